The first-order chi connectivity index (χ1) is 5.31. The fourth-order valence-electron chi connectivity index (χ4n) is 1.01. The topological polar surface area (TPSA) is 0 Å². The minimum absolute atomic E-state index is 0.768. The average Bonchev–Trinajstić information content (AvgIpc) is 1.99. The van der Waals surface area contributed by atoms with Gasteiger partial charge in [0, 0.05) is 4.83 Å². The van der Waals surface area contributed by atoms with Gasteiger partial charge in [0.25, 0.3) is 0 Å². The Kier molecular flexibility index (Phi) is 9.60. The first kappa shape index (κ1) is 11.8. The molecule has 68 valence electrons. The summed E-state index contributed by atoms with van der Waals surface area (Å²) >= 11 is 5.73. The van der Waals surface area contributed by atoms with E-state index in [9.17, 15) is 0 Å². The number of rotatable bonds is 7. The van der Waals surface area contributed by atoms with Gasteiger partial charge in [0.2, 0.25) is 0 Å². The maximum absolute atomic E-state index is 3.68. The van der Waals surface area contributed by atoms with Crippen molar-refractivity contribution in [1.29, 1.82) is 0 Å². The number of hydrogen-bond donors (Lipinski definition) is 0. The Morgan fingerprint density at radius 3 is 2.55 bits per heavy atom. The molecule has 0 aromatic heterocycles. The van der Waals surface area contributed by atoms with Gasteiger partial charge in [-0.15, -0.1) is 0 Å². The van der Waals surface area contributed by atoms with Crippen molar-refractivity contribution < 1.29 is 0 Å². The first-order valence-electron chi connectivity index (χ1n) is 4.53. The van der Waals surface area contributed by atoms with E-state index in [1.54, 1.807) is 0 Å². The molecule has 0 saturated heterocycles. The Bertz CT molecular complexity index is 76.0. The number of thioether (sulfide) groups is 1. The standard InChI is InChI=1S/C9H19BrS/c1-3-6-9(10)7-5-8-11-4-2/h9H,3-8H2,1-2H3. The predicted octanol–water partition coefficient (Wildman–Crippen LogP) is 4.08. The van der Waals surface area contributed by atoms with Crippen LogP contribution in [0.25, 0.3) is 0 Å². The van der Waals surface area contributed by atoms with Crippen LogP contribution in [0.2, 0.25) is 0 Å². The molecule has 0 fully saturated rings. The number of alkyl halides is 1. The number of halogens is 1. The Balaban J connectivity index is 2.97. The molecule has 1 unspecified atom stereocenters. The molecule has 0 spiro atoms. The summed E-state index contributed by atoms with van der Waals surface area (Å²) in [6.45, 7) is 4.47. The molecule has 0 aliphatic rings. The summed E-state index contributed by atoms with van der Waals surface area (Å²) < 4.78 is 0. The Morgan fingerprint density at radius 1 is 1.27 bits per heavy atom. The van der Waals surface area contributed by atoms with Crippen molar-refractivity contribution in [2.75, 3.05) is 11.5 Å². The van der Waals surface area contributed by atoms with Crippen molar-refractivity contribution in [1.82, 2.24) is 0 Å². The van der Waals surface area contributed by atoms with E-state index in [1.165, 1.54) is 37.2 Å². The van der Waals surface area contributed by atoms with E-state index in [0.29, 0.717) is 0 Å². The molecule has 1 atom stereocenters. The lowest BCUT2D eigenvalue weighted by molar-refractivity contribution is 0.685. The molecule has 0 saturated carbocycles. The summed E-state index contributed by atoms with van der Waals surface area (Å²) in [7, 11) is 0. The fraction of sp³-hybridized carbons (Fsp3) is 1.00. The van der Waals surface area contributed by atoms with Crippen LogP contribution >= 0.6 is 27.7 Å². The zero-order valence-corrected chi connectivity index (χ0v) is 10.0. The zero-order chi connectivity index (χ0) is 8.53. The molecule has 0 rings (SSSR count). The lowest BCUT2D eigenvalue weighted by Crippen LogP contribution is -1.97. The van der Waals surface area contributed by atoms with Crippen LogP contribution in [-0.2, 0) is 0 Å². The quantitative estimate of drug-likeness (QED) is 0.476. The molecule has 0 aromatic rings. The van der Waals surface area contributed by atoms with E-state index in [1.807, 2.05) is 11.8 Å². The minimum Gasteiger partial charge on any atom is -0.162 e. The van der Waals surface area contributed by atoms with Gasteiger partial charge in [0.05, 0.1) is 0 Å². The van der Waals surface area contributed by atoms with Crippen LogP contribution in [0.15, 0.2) is 0 Å². The van der Waals surface area contributed by atoms with E-state index >= 15 is 0 Å². The highest BCUT2D eigenvalue weighted by atomic mass is 79.9. The Hall–Kier alpha value is 0.830. The van der Waals surface area contributed by atoms with Crippen LogP contribution in [0.3, 0.4) is 0 Å². The molecule has 0 aromatic carbocycles. The summed E-state index contributed by atoms with van der Waals surface area (Å²) in [5.74, 6) is 2.60. The summed E-state index contributed by atoms with van der Waals surface area (Å²) in [6.07, 6.45) is 5.35. The summed E-state index contributed by atoms with van der Waals surface area (Å²) in [6, 6.07) is 0. The monoisotopic (exact) mass is 238 g/mol. The molecule has 0 nitrogen and oxygen atoms in total. The minimum atomic E-state index is 0.768. The molecule has 0 aliphatic carbocycles. The Labute approximate surface area is 83.6 Å². The molecule has 0 N–H and O–H groups in total. The van der Waals surface area contributed by atoms with Gasteiger partial charge >= 0.3 is 0 Å². The van der Waals surface area contributed by atoms with Crippen molar-refractivity contribution in [3.8, 4) is 0 Å². The second-order valence-electron chi connectivity index (χ2n) is 2.73. The van der Waals surface area contributed by atoms with Crippen molar-refractivity contribution in [2.45, 2.75) is 44.4 Å². The van der Waals surface area contributed by atoms with Crippen LogP contribution in [-0.4, -0.2) is 16.3 Å². The van der Waals surface area contributed by atoms with E-state index in [4.69, 9.17) is 0 Å². The van der Waals surface area contributed by atoms with Crippen molar-refractivity contribution >= 4 is 27.7 Å². The molecule has 0 aliphatic heterocycles. The summed E-state index contributed by atoms with van der Waals surface area (Å²) in [4.78, 5) is 0.768. The van der Waals surface area contributed by atoms with Crippen molar-refractivity contribution in [3.05, 3.63) is 0 Å². The second kappa shape index (κ2) is 8.92. The number of hydrogen-bond acceptors (Lipinski definition) is 1. The highest BCUT2D eigenvalue weighted by Crippen LogP contribution is 2.15. The fourth-order valence-corrected chi connectivity index (χ4v) is 2.45. The third-order valence-corrected chi connectivity index (χ3v) is 3.51. The van der Waals surface area contributed by atoms with Crippen molar-refractivity contribution in [3.63, 3.8) is 0 Å². The lowest BCUT2D eigenvalue weighted by Gasteiger charge is -2.06. The maximum Gasteiger partial charge on any atom is 0.0146 e. The van der Waals surface area contributed by atoms with Crippen molar-refractivity contribution in [2.24, 2.45) is 0 Å². The molecule has 0 radical (unpaired) electrons. The van der Waals surface area contributed by atoms with Gasteiger partial charge in [0.15, 0.2) is 0 Å². The smallest absolute Gasteiger partial charge is 0.0146 e. The van der Waals surface area contributed by atoms with Gasteiger partial charge in [-0.3, -0.25) is 0 Å². The molecular formula is C9H19BrS. The van der Waals surface area contributed by atoms with E-state index < -0.39 is 0 Å². The second-order valence-corrected chi connectivity index (χ2v) is 5.41. The SMILES string of the molecule is CCCC(Br)CCCSCC. The molecule has 11 heavy (non-hydrogen) atoms. The normalized spacial score (nSPS) is 13.4. The van der Waals surface area contributed by atoms with Gasteiger partial charge < -0.3 is 0 Å². The van der Waals surface area contributed by atoms with Gasteiger partial charge in [-0.25, -0.2) is 0 Å². The van der Waals surface area contributed by atoms with E-state index in [2.05, 4.69) is 29.8 Å². The van der Waals surface area contributed by atoms with Gasteiger partial charge in [-0.05, 0) is 30.8 Å². The summed E-state index contributed by atoms with van der Waals surface area (Å²) in [5, 5.41) is 0. The van der Waals surface area contributed by atoms with Gasteiger partial charge in [-0.1, -0.05) is 36.2 Å². The molecular weight excluding hydrogens is 220 g/mol. The van der Waals surface area contributed by atoms with Crippen LogP contribution < -0.4 is 0 Å². The van der Waals surface area contributed by atoms with Gasteiger partial charge in [0.1, 0.15) is 0 Å². The van der Waals surface area contributed by atoms with Crippen LogP contribution in [0.5, 0.6) is 0 Å². The highest BCUT2D eigenvalue weighted by Gasteiger charge is 2.00. The first-order valence-corrected chi connectivity index (χ1v) is 6.60. The van der Waals surface area contributed by atoms with E-state index in [-0.39, 0.29) is 0 Å². The third-order valence-electron chi connectivity index (χ3n) is 1.61. The van der Waals surface area contributed by atoms with E-state index in [0.717, 1.165) is 4.83 Å². The average molecular weight is 239 g/mol. The summed E-state index contributed by atoms with van der Waals surface area (Å²) in [5.41, 5.74) is 0. The van der Waals surface area contributed by atoms with Crippen LogP contribution in [0, 0.1) is 0 Å². The zero-order valence-electron chi connectivity index (χ0n) is 7.61. The third kappa shape index (κ3) is 8.74. The molecule has 0 bridgehead atoms. The van der Waals surface area contributed by atoms with Gasteiger partial charge in [-0.2, -0.15) is 11.8 Å². The van der Waals surface area contributed by atoms with Crippen LogP contribution in [0.1, 0.15) is 39.5 Å². The predicted molar refractivity (Wildman–Crippen MR) is 59.9 cm³/mol. The molecule has 2 heteroatoms. The van der Waals surface area contributed by atoms with Crippen LogP contribution in [0.4, 0.5) is 0 Å². The maximum atomic E-state index is 3.68. The highest BCUT2D eigenvalue weighted by molar-refractivity contribution is 9.09. The largest absolute Gasteiger partial charge is 0.162 e. The molecule has 0 heterocycles. The lowest BCUT2D eigenvalue weighted by atomic mass is 10.2. The Morgan fingerprint density at radius 2 is 2.00 bits per heavy atom. The molecule has 0 amide bonds.